The van der Waals surface area contributed by atoms with Gasteiger partial charge in [0, 0.05) is 50.7 Å². The number of nitrogens with zero attached hydrogens (tertiary/aromatic N) is 5. The molecule has 0 aliphatic carbocycles. The quantitative estimate of drug-likeness (QED) is 0.635. The third kappa shape index (κ3) is 3.43. The molecule has 1 N–H and O–H groups in total. The molecule has 1 aromatic heterocycles. The van der Waals surface area contributed by atoms with Crippen LogP contribution < -0.4 is 4.90 Å². The van der Waals surface area contributed by atoms with Crippen molar-refractivity contribution < 1.29 is 19.6 Å². The maximum absolute atomic E-state index is 12.7. The lowest BCUT2D eigenvalue weighted by molar-refractivity contribution is -0.384. The number of benzene rings is 1. The maximum atomic E-state index is 12.7. The molecule has 1 aromatic carbocycles. The zero-order valence-electron chi connectivity index (χ0n) is 13.6. The summed E-state index contributed by atoms with van der Waals surface area (Å²) < 4.78 is 0. The van der Waals surface area contributed by atoms with E-state index in [1.807, 2.05) is 4.90 Å². The fourth-order valence-corrected chi connectivity index (χ4v) is 2.74. The van der Waals surface area contributed by atoms with Crippen molar-refractivity contribution >= 4 is 23.5 Å². The number of rotatable bonds is 4. The van der Waals surface area contributed by atoms with E-state index in [2.05, 4.69) is 9.97 Å². The van der Waals surface area contributed by atoms with Crippen molar-refractivity contribution in [3.8, 4) is 0 Å². The Kier molecular flexibility index (Phi) is 4.74. The van der Waals surface area contributed by atoms with Gasteiger partial charge in [0.15, 0.2) is 0 Å². The van der Waals surface area contributed by atoms with Crippen LogP contribution in [0.5, 0.6) is 0 Å². The number of aromatic nitrogens is 2. The molecule has 3 rings (SSSR count). The summed E-state index contributed by atoms with van der Waals surface area (Å²) in [6, 6.07) is 4.88. The number of carboxylic acid groups (broad SMARTS) is 1. The van der Waals surface area contributed by atoms with Crippen molar-refractivity contribution in [2.24, 2.45) is 0 Å². The minimum absolute atomic E-state index is 0.184. The van der Waals surface area contributed by atoms with Gasteiger partial charge in [0.2, 0.25) is 5.95 Å². The Morgan fingerprint density at radius 1 is 1.08 bits per heavy atom. The van der Waals surface area contributed by atoms with Gasteiger partial charge < -0.3 is 14.9 Å². The number of aromatic carboxylic acids is 1. The molecule has 0 bridgehead atoms. The minimum atomic E-state index is -1.31. The molecule has 1 aliphatic rings. The van der Waals surface area contributed by atoms with Crippen LogP contribution in [-0.2, 0) is 0 Å². The molecule has 2 heterocycles. The second kappa shape index (κ2) is 7.13. The van der Waals surface area contributed by atoms with E-state index in [1.165, 1.54) is 4.90 Å². The van der Waals surface area contributed by atoms with Crippen LogP contribution in [0, 0.1) is 10.1 Å². The van der Waals surface area contributed by atoms with Crippen LogP contribution in [0.2, 0.25) is 0 Å². The summed E-state index contributed by atoms with van der Waals surface area (Å²) in [5, 5.41) is 20.2. The van der Waals surface area contributed by atoms with E-state index in [1.54, 1.807) is 18.5 Å². The fraction of sp³-hybridized carbons (Fsp3) is 0.250. The molecule has 134 valence electrons. The molecule has 0 saturated carbocycles. The summed E-state index contributed by atoms with van der Waals surface area (Å²) in [4.78, 5) is 46.1. The predicted molar refractivity (Wildman–Crippen MR) is 90.2 cm³/mol. The first-order chi connectivity index (χ1) is 12.5. The number of amides is 1. The highest BCUT2D eigenvalue weighted by molar-refractivity contribution is 6.05. The Hall–Kier alpha value is -3.56. The summed E-state index contributed by atoms with van der Waals surface area (Å²) in [5.74, 6) is -1.29. The van der Waals surface area contributed by atoms with E-state index in [9.17, 15) is 24.8 Å². The molecule has 2 aromatic rings. The number of nitro benzene ring substituents is 1. The van der Waals surface area contributed by atoms with Crippen LogP contribution in [0.4, 0.5) is 11.6 Å². The van der Waals surface area contributed by atoms with E-state index in [0.717, 1.165) is 18.2 Å². The fourth-order valence-electron chi connectivity index (χ4n) is 2.74. The molecule has 26 heavy (non-hydrogen) atoms. The highest BCUT2D eigenvalue weighted by atomic mass is 16.6. The second-order valence-corrected chi connectivity index (χ2v) is 5.62. The molecule has 1 aliphatic heterocycles. The summed E-state index contributed by atoms with van der Waals surface area (Å²) in [6.45, 7) is 1.62. The Morgan fingerprint density at radius 2 is 1.73 bits per heavy atom. The first-order valence-corrected chi connectivity index (χ1v) is 7.80. The zero-order chi connectivity index (χ0) is 18.7. The van der Waals surface area contributed by atoms with Crippen LogP contribution in [0.25, 0.3) is 0 Å². The number of carboxylic acids is 1. The molecule has 0 spiro atoms. The van der Waals surface area contributed by atoms with Gasteiger partial charge in [0.1, 0.15) is 0 Å². The molecule has 1 amide bonds. The van der Waals surface area contributed by atoms with Crippen molar-refractivity contribution in [2.45, 2.75) is 0 Å². The lowest BCUT2D eigenvalue weighted by atomic mass is 10.0. The Balaban J connectivity index is 1.79. The smallest absolute Gasteiger partial charge is 0.336 e. The summed E-state index contributed by atoms with van der Waals surface area (Å²) in [7, 11) is 0. The topological polar surface area (TPSA) is 130 Å². The van der Waals surface area contributed by atoms with E-state index in [0.29, 0.717) is 32.1 Å². The van der Waals surface area contributed by atoms with Gasteiger partial charge in [-0.2, -0.15) is 0 Å². The van der Waals surface area contributed by atoms with Crippen molar-refractivity contribution in [2.75, 3.05) is 31.1 Å². The molecule has 0 unspecified atom stereocenters. The van der Waals surface area contributed by atoms with Crippen LogP contribution in [0.15, 0.2) is 36.7 Å². The Bertz CT molecular complexity index is 849. The van der Waals surface area contributed by atoms with E-state index in [-0.39, 0.29) is 16.8 Å². The van der Waals surface area contributed by atoms with Crippen molar-refractivity contribution in [3.63, 3.8) is 0 Å². The number of non-ortho nitro benzene ring substituents is 1. The average Bonchev–Trinajstić information content (AvgIpc) is 2.67. The van der Waals surface area contributed by atoms with Gasteiger partial charge >= 0.3 is 5.97 Å². The number of carbonyl (C=O) groups is 2. The lowest BCUT2D eigenvalue weighted by Crippen LogP contribution is -2.49. The third-order valence-electron chi connectivity index (χ3n) is 4.08. The molecule has 0 atom stereocenters. The summed E-state index contributed by atoms with van der Waals surface area (Å²) in [6.07, 6.45) is 3.25. The van der Waals surface area contributed by atoms with Gasteiger partial charge in [0.05, 0.1) is 16.1 Å². The monoisotopic (exact) mass is 357 g/mol. The highest BCUT2D eigenvalue weighted by Crippen LogP contribution is 2.21. The van der Waals surface area contributed by atoms with Crippen LogP contribution in [-0.4, -0.2) is 63.0 Å². The number of hydrogen-bond donors (Lipinski definition) is 1. The van der Waals surface area contributed by atoms with Gasteiger partial charge in [-0.25, -0.2) is 14.8 Å². The van der Waals surface area contributed by atoms with Gasteiger partial charge in [-0.3, -0.25) is 14.9 Å². The average molecular weight is 357 g/mol. The first kappa shape index (κ1) is 17.3. The van der Waals surface area contributed by atoms with Crippen molar-refractivity contribution in [1.29, 1.82) is 0 Å². The standard InChI is InChI=1S/C16H15N5O5/c22-14(13-10-11(21(25)26)2-3-12(13)15(23)24)19-6-8-20(9-7-19)16-17-4-1-5-18-16/h1-5,10H,6-9H2,(H,23,24). The molecule has 1 saturated heterocycles. The van der Waals surface area contributed by atoms with Crippen LogP contribution in [0.1, 0.15) is 20.7 Å². The molecular formula is C16H15N5O5. The number of hydrogen-bond acceptors (Lipinski definition) is 7. The highest BCUT2D eigenvalue weighted by Gasteiger charge is 2.27. The molecular weight excluding hydrogens is 342 g/mol. The Morgan fingerprint density at radius 3 is 2.31 bits per heavy atom. The maximum Gasteiger partial charge on any atom is 0.336 e. The van der Waals surface area contributed by atoms with E-state index >= 15 is 0 Å². The number of nitro groups is 1. The number of anilines is 1. The van der Waals surface area contributed by atoms with Crippen LogP contribution >= 0.6 is 0 Å². The summed E-state index contributed by atoms with van der Waals surface area (Å²) in [5.41, 5.74) is -0.764. The SMILES string of the molecule is O=C(O)c1ccc([N+](=O)[O-])cc1C(=O)N1CCN(c2ncccn2)CC1. The normalized spacial score (nSPS) is 14.2. The Labute approximate surface area is 147 Å². The van der Waals surface area contributed by atoms with Gasteiger partial charge in [-0.1, -0.05) is 0 Å². The van der Waals surface area contributed by atoms with E-state index < -0.39 is 16.8 Å². The molecule has 1 fully saturated rings. The molecule has 10 heteroatoms. The van der Waals surface area contributed by atoms with Gasteiger partial charge in [0.25, 0.3) is 11.6 Å². The number of carbonyl (C=O) groups excluding carboxylic acids is 1. The second-order valence-electron chi connectivity index (χ2n) is 5.62. The summed E-state index contributed by atoms with van der Waals surface area (Å²) >= 11 is 0. The zero-order valence-corrected chi connectivity index (χ0v) is 13.6. The van der Waals surface area contributed by atoms with Crippen molar-refractivity contribution in [1.82, 2.24) is 14.9 Å². The molecule has 0 radical (unpaired) electrons. The van der Waals surface area contributed by atoms with Crippen LogP contribution in [0.3, 0.4) is 0 Å². The van der Waals surface area contributed by atoms with Gasteiger partial charge in [-0.05, 0) is 12.1 Å². The first-order valence-electron chi connectivity index (χ1n) is 7.80. The number of piperazine rings is 1. The molecule has 10 nitrogen and oxygen atoms in total. The van der Waals surface area contributed by atoms with E-state index in [4.69, 9.17) is 0 Å². The third-order valence-corrected chi connectivity index (χ3v) is 4.08. The predicted octanol–water partition coefficient (Wildman–Crippen LogP) is 1.05. The largest absolute Gasteiger partial charge is 0.478 e. The van der Waals surface area contributed by atoms with Crippen molar-refractivity contribution in [3.05, 3.63) is 57.9 Å². The lowest BCUT2D eigenvalue weighted by Gasteiger charge is -2.34. The van der Waals surface area contributed by atoms with Gasteiger partial charge in [-0.15, -0.1) is 0 Å². The minimum Gasteiger partial charge on any atom is -0.478 e.